The molecule has 9 aromatic carbocycles. The summed E-state index contributed by atoms with van der Waals surface area (Å²) in [6, 6.07) is 75.8. The first kappa shape index (κ1) is 118. The zero-order chi connectivity index (χ0) is 108. The van der Waals surface area contributed by atoms with E-state index in [2.05, 4.69) is 175 Å². The van der Waals surface area contributed by atoms with Crippen LogP contribution in [0.25, 0.3) is 28.4 Å². The number of likely N-dealkylation sites (tertiary alicyclic amines) is 1. The van der Waals surface area contributed by atoms with Gasteiger partial charge in [-0.15, -0.1) is 0 Å². The number of hydrogen-bond donors (Lipinski definition) is 3. The van der Waals surface area contributed by atoms with Crippen LogP contribution in [0.5, 0.6) is 0 Å². The number of carbonyl (C=O) groups excluding carboxylic acids is 5. The van der Waals surface area contributed by atoms with E-state index in [9.17, 15) is 52.8 Å². The Bertz CT molecular complexity index is 5880. The summed E-state index contributed by atoms with van der Waals surface area (Å²) in [5.74, 6) is -2.51. The number of nitrogens with zero attached hydrogens (tertiary/aromatic N) is 6. The number of methoxy groups -OCH3 is 2. The summed E-state index contributed by atoms with van der Waals surface area (Å²) >= 11 is 0. The van der Waals surface area contributed by atoms with Crippen LogP contribution in [0, 0.1) is 40.0 Å². The molecule has 5 fully saturated rings. The highest BCUT2D eigenvalue weighted by Gasteiger charge is 2.49. The highest BCUT2D eigenvalue weighted by Crippen LogP contribution is 2.50. The normalized spacial score (nSPS) is 16.5. The molecule has 1 aromatic heterocycles. The second kappa shape index (κ2) is 60.0. The summed E-state index contributed by atoms with van der Waals surface area (Å²) in [6.07, 6.45) is 24.7. The topological polar surface area (TPSA) is 265 Å². The lowest BCUT2D eigenvalue weighted by atomic mass is 9.62. The maximum absolute atomic E-state index is 13.5. The Morgan fingerprint density at radius 1 is 0.547 bits per heavy atom. The Hall–Kier alpha value is -12.5. The molecule has 6 aliphatic rings. The van der Waals surface area contributed by atoms with Crippen LogP contribution in [0.3, 0.4) is 0 Å². The van der Waals surface area contributed by atoms with Crippen molar-refractivity contribution in [3.8, 4) is 11.3 Å². The smallest absolute Gasteiger partial charge is 0.342 e. The van der Waals surface area contributed by atoms with Crippen LogP contribution in [-0.4, -0.2) is 207 Å². The zero-order valence-electron chi connectivity index (χ0n) is 90.6. The third-order valence-electron chi connectivity index (χ3n) is 29.8. The van der Waals surface area contributed by atoms with E-state index in [1.54, 1.807) is 45.0 Å². The largest absolute Gasteiger partial charge is 0.466 e. The number of nitro groups is 1. The molecule has 3 N–H and O–H groups in total. The van der Waals surface area contributed by atoms with E-state index in [-0.39, 0.29) is 79.5 Å². The molecule has 804 valence electrons. The van der Waals surface area contributed by atoms with Gasteiger partial charge in [0.25, 0.3) is 5.69 Å². The number of likely N-dealkylation sites (N-methyl/N-ethyl adjacent to an activating group) is 2. The standard InChI is InChI=1S/C26H26F2N2.C24H25NO4.C20H27N.C19H29NO3.C19H35NO2.C17H18N2O6/c27-24-12-8-22(9-13-24)26(23-10-14-25(28)15-11-23)30-19-17-29(18-20-30)16-4-7-21-5-2-1-3-6-21;1-17-21(26)19-11-8-12-20(23(19)29-22(17)18-9-4-2-5-10-18)24(27)28-16-15-25-13-6-3-7-14-25;1-16(21-20(2,3)4)15-19(17-11-7-5-8-12-17)18-13-9-6-10-14-18;1-3-20(4-2)14-15-23-18(21)17(16-10-6-5-7-11-16)19(22)12-8-9-13-19;1-3-20(4-2)15-16-22-18(21)19(13-9-6-10-14-19)17-11-7-5-8-12-17;1-9-13(16(20)24-3)15(14(10(2)18-9)17(21)25-4)11-7-5-6-8-12(11)19(22)23/h1-15,26H,16-20H2;2,4-5,8-12H,3,6-7,13-16H2,1H3;5-14,16,19,21H,15H2,1-4H3;5-7,10-11,17,22H,3-4,8-9,12-15H2,1-2H3;17H,3-16H2,1-2H3;5-8,15,18H,1-4H3/b7-4+;;;;;. The van der Waals surface area contributed by atoms with Crippen molar-refractivity contribution in [3.63, 3.8) is 0 Å². The number of ether oxygens (including phenoxy) is 5. The minimum Gasteiger partial charge on any atom is -0.466 e. The van der Waals surface area contributed by atoms with Crippen molar-refractivity contribution in [2.24, 2.45) is 11.3 Å². The SMILES string of the molecule is CC(CC(c1ccccc1)c1ccccc1)NC(C)(C)C.CCN(CC)CCOC(=O)C(c1ccccc1)C1(O)CCCC1.CCN(CC)CCOC(=O)C1(C2CCCCC2)CCCCC1.COC(=O)C1=C(C)NC(C)=C(C(=O)OC)C1c1ccccc1[N+](=O)[O-].Cc1c(-c2ccccc2)oc2c(C(=O)OCCN3CCCCC3)cccc2c1=O.Fc1ccc(C(c2ccc(F)cc2)N2CCN(C/C=C/c3ccccc3)CC2)cc1. The molecule has 0 radical (unpaired) electrons. The minimum absolute atomic E-state index is 0.00629. The number of piperazine rings is 1. The number of halogens is 2. The molecular weight excluding hydrogens is 1890 g/mol. The van der Waals surface area contributed by atoms with Gasteiger partial charge in [-0.2, -0.15) is 0 Å². The molecule has 3 aliphatic carbocycles. The number of esters is 5. The van der Waals surface area contributed by atoms with Crippen LogP contribution in [0.15, 0.2) is 280 Å². The number of nitrogens with one attached hydrogen (secondary N) is 2. The quantitative estimate of drug-likeness (QED) is 0.0144. The average molecular weight is 2050 g/mol. The number of para-hydroxylation sites is 2. The summed E-state index contributed by atoms with van der Waals surface area (Å²) in [6.45, 7) is 36.8. The monoisotopic (exact) mass is 2050 g/mol. The number of benzene rings is 9. The van der Waals surface area contributed by atoms with E-state index in [1.807, 2.05) is 103 Å². The fourth-order valence-corrected chi connectivity index (χ4v) is 21.9. The molecule has 3 saturated carbocycles. The summed E-state index contributed by atoms with van der Waals surface area (Å²) in [4.78, 5) is 98.5. The molecule has 23 nitrogen and oxygen atoms in total. The molecule has 2 atom stereocenters. The fourth-order valence-electron chi connectivity index (χ4n) is 21.9. The van der Waals surface area contributed by atoms with E-state index >= 15 is 0 Å². The lowest BCUT2D eigenvalue weighted by Crippen LogP contribution is -2.47. The van der Waals surface area contributed by atoms with Crippen LogP contribution in [0.2, 0.25) is 0 Å². The van der Waals surface area contributed by atoms with Crippen LogP contribution in [0.1, 0.15) is 263 Å². The van der Waals surface area contributed by atoms with Gasteiger partial charge >= 0.3 is 29.8 Å². The van der Waals surface area contributed by atoms with Gasteiger partial charge in [0.1, 0.15) is 48.7 Å². The first-order valence-electron chi connectivity index (χ1n) is 54.2. The Labute approximate surface area is 887 Å². The number of dihydropyridines is 1. The predicted octanol–water partition coefficient (Wildman–Crippen LogP) is 24.3. The second-order valence-corrected chi connectivity index (χ2v) is 41.0. The molecule has 0 bridgehead atoms. The van der Waals surface area contributed by atoms with Gasteiger partial charge in [-0.3, -0.25) is 39.2 Å². The Morgan fingerprint density at radius 2 is 1.03 bits per heavy atom. The van der Waals surface area contributed by atoms with Crippen molar-refractivity contribution in [3.05, 3.63) is 353 Å². The number of aliphatic hydroxyl groups is 1. The molecule has 25 heteroatoms. The Kier molecular flexibility index (Phi) is 47.1. The van der Waals surface area contributed by atoms with Crippen LogP contribution >= 0.6 is 0 Å². The van der Waals surface area contributed by atoms with E-state index < -0.39 is 40.3 Å². The first-order valence-corrected chi connectivity index (χ1v) is 54.2. The third-order valence-corrected chi connectivity index (χ3v) is 29.8. The van der Waals surface area contributed by atoms with Gasteiger partial charge < -0.3 is 53.6 Å². The molecule has 0 spiro atoms. The van der Waals surface area contributed by atoms with Gasteiger partial charge in [-0.05, 0) is 221 Å². The van der Waals surface area contributed by atoms with Crippen molar-refractivity contribution in [2.75, 3.05) is 126 Å². The van der Waals surface area contributed by atoms with Gasteiger partial charge in [0.15, 0.2) is 11.0 Å². The maximum atomic E-state index is 13.5. The molecule has 150 heavy (non-hydrogen) atoms. The number of nitro benzene ring substituents is 1. The summed E-state index contributed by atoms with van der Waals surface area (Å²) in [5.41, 5.74) is 8.92. The van der Waals surface area contributed by atoms with Crippen molar-refractivity contribution in [2.45, 2.75) is 233 Å². The number of allylic oxidation sites excluding steroid dienone is 2. The summed E-state index contributed by atoms with van der Waals surface area (Å²) in [5, 5.41) is 29.4. The summed E-state index contributed by atoms with van der Waals surface area (Å²) < 4.78 is 59.5. The van der Waals surface area contributed by atoms with Crippen molar-refractivity contribution < 1.29 is 70.9 Å². The molecule has 4 heterocycles. The number of hydrogen-bond acceptors (Lipinski definition) is 22. The molecule has 16 rings (SSSR count). The average Bonchev–Trinajstić information content (AvgIpc) is 0.903. The molecule has 2 unspecified atom stereocenters. The van der Waals surface area contributed by atoms with Crippen molar-refractivity contribution in [1.82, 2.24) is 35.1 Å². The lowest BCUT2D eigenvalue weighted by Gasteiger charge is -2.43. The highest BCUT2D eigenvalue weighted by molar-refractivity contribution is 6.03. The maximum Gasteiger partial charge on any atom is 0.342 e. The van der Waals surface area contributed by atoms with E-state index in [1.165, 1.54) is 144 Å². The molecule has 10 aromatic rings. The van der Waals surface area contributed by atoms with Gasteiger partial charge in [-0.25, -0.2) is 23.2 Å². The molecule has 3 aliphatic heterocycles. The van der Waals surface area contributed by atoms with E-state index in [4.69, 9.17) is 28.1 Å². The second-order valence-electron chi connectivity index (χ2n) is 41.0. The first-order chi connectivity index (χ1) is 72.4. The van der Waals surface area contributed by atoms with Crippen LogP contribution < -0.4 is 16.1 Å². The molecule has 2 saturated heterocycles. The third kappa shape index (κ3) is 34.0. The van der Waals surface area contributed by atoms with Crippen LogP contribution in [-0.2, 0) is 42.9 Å². The number of carbonyl (C=O) groups is 5. The van der Waals surface area contributed by atoms with Crippen LogP contribution in [0.4, 0.5) is 14.5 Å². The number of fused-ring (bicyclic) bond motifs is 1. The van der Waals surface area contributed by atoms with E-state index in [0.29, 0.717) is 78.6 Å². The van der Waals surface area contributed by atoms with Gasteiger partial charge in [0, 0.05) is 104 Å². The Balaban J connectivity index is 0.000000172. The summed E-state index contributed by atoms with van der Waals surface area (Å²) in [7, 11) is 2.42. The van der Waals surface area contributed by atoms with Gasteiger partial charge in [0.05, 0.1) is 58.7 Å². The highest BCUT2D eigenvalue weighted by atomic mass is 19.1. The van der Waals surface area contributed by atoms with Gasteiger partial charge in [0.2, 0.25) is 0 Å². The lowest BCUT2D eigenvalue weighted by molar-refractivity contribution is -0.385. The molecule has 0 amide bonds. The van der Waals surface area contributed by atoms with Crippen molar-refractivity contribution >= 4 is 52.6 Å². The van der Waals surface area contributed by atoms with Crippen molar-refractivity contribution in [1.29, 1.82) is 0 Å². The predicted molar refractivity (Wildman–Crippen MR) is 594 cm³/mol. The minimum atomic E-state index is -0.970. The Morgan fingerprint density at radius 3 is 1.54 bits per heavy atom. The fraction of sp³-hybridized carbons (Fsp3) is 0.456. The molecular formula is C125H160F2N8O15. The number of rotatable bonds is 35. The zero-order valence-corrected chi connectivity index (χ0v) is 90.6. The number of piperidine rings is 1. The van der Waals surface area contributed by atoms with E-state index in [0.717, 1.165) is 146 Å². The van der Waals surface area contributed by atoms with Gasteiger partial charge in [-0.1, -0.05) is 298 Å².